The van der Waals surface area contributed by atoms with Crippen molar-refractivity contribution in [3.63, 3.8) is 0 Å². The van der Waals surface area contributed by atoms with E-state index in [1.54, 1.807) is 0 Å². The fourth-order valence-electron chi connectivity index (χ4n) is 2.47. The van der Waals surface area contributed by atoms with E-state index in [2.05, 4.69) is 48.3 Å². The predicted molar refractivity (Wildman–Crippen MR) is 74.3 cm³/mol. The SMILES string of the molecule is CC(C)Nc1cccc(CN2CCCCC2)c1. The van der Waals surface area contributed by atoms with E-state index in [4.69, 9.17) is 0 Å². The lowest BCUT2D eigenvalue weighted by atomic mass is 10.1. The van der Waals surface area contributed by atoms with Gasteiger partial charge in [0.05, 0.1) is 0 Å². The highest BCUT2D eigenvalue weighted by Gasteiger charge is 2.10. The van der Waals surface area contributed by atoms with E-state index in [-0.39, 0.29) is 0 Å². The lowest BCUT2D eigenvalue weighted by Gasteiger charge is -2.26. The molecular formula is C15H24N2. The molecule has 0 aromatic heterocycles. The minimum absolute atomic E-state index is 0.500. The first-order valence-electron chi connectivity index (χ1n) is 6.82. The van der Waals surface area contributed by atoms with E-state index < -0.39 is 0 Å². The van der Waals surface area contributed by atoms with Gasteiger partial charge in [-0.25, -0.2) is 0 Å². The summed E-state index contributed by atoms with van der Waals surface area (Å²) in [7, 11) is 0. The van der Waals surface area contributed by atoms with Crippen LogP contribution in [0.5, 0.6) is 0 Å². The average molecular weight is 232 g/mol. The third-order valence-corrected chi connectivity index (χ3v) is 3.24. The first kappa shape index (κ1) is 12.4. The second-order valence-electron chi connectivity index (χ2n) is 5.34. The highest BCUT2D eigenvalue weighted by Crippen LogP contribution is 2.16. The summed E-state index contributed by atoms with van der Waals surface area (Å²) in [5.41, 5.74) is 2.67. The minimum Gasteiger partial charge on any atom is -0.383 e. The summed E-state index contributed by atoms with van der Waals surface area (Å²) < 4.78 is 0. The fraction of sp³-hybridized carbons (Fsp3) is 0.600. The predicted octanol–water partition coefficient (Wildman–Crippen LogP) is 3.49. The molecule has 1 saturated heterocycles. The number of piperidine rings is 1. The van der Waals surface area contributed by atoms with E-state index in [1.807, 2.05) is 0 Å². The Morgan fingerprint density at radius 2 is 1.94 bits per heavy atom. The van der Waals surface area contributed by atoms with Crippen LogP contribution in [0.2, 0.25) is 0 Å². The van der Waals surface area contributed by atoms with Crippen molar-refractivity contribution < 1.29 is 0 Å². The lowest BCUT2D eigenvalue weighted by molar-refractivity contribution is 0.221. The molecule has 0 spiro atoms. The Morgan fingerprint density at radius 1 is 1.18 bits per heavy atom. The third kappa shape index (κ3) is 4.04. The number of likely N-dealkylation sites (tertiary alicyclic amines) is 1. The van der Waals surface area contributed by atoms with Crippen molar-refractivity contribution in [1.82, 2.24) is 4.90 Å². The van der Waals surface area contributed by atoms with Crippen LogP contribution < -0.4 is 5.32 Å². The van der Waals surface area contributed by atoms with Crippen LogP contribution in [0.3, 0.4) is 0 Å². The first-order valence-corrected chi connectivity index (χ1v) is 6.82. The average Bonchev–Trinajstić information content (AvgIpc) is 2.30. The van der Waals surface area contributed by atoms with E-state index in [1.165, 1.54) is 43.6 Å². The smallest absolute Gasteiger partial charge is 0.0345 e. The molecule has 1 aromatic carbocycles. The van der Waals surface area contributed by atoms with Crippen LogP contribution in [-0.4, -0.2) is 24.0 Å². The van der Waals surface area contributed by atoms with Crippen LogP contribution in [0, 0.1) is 0 Å². The van der Waals surface area contributed by atoms with Crippen LogP contribution >= 0.6 is 0 Å². The summed E-state index contributed by atoms with van der Waals surface area (Å²) in [5.74, 6) is 0. The molecule has 1 heterocycles. The number of rotatable bonds is 4. The molecule has 0 amide bonds. The summed E-state index contributed by atoms with van der Waals surface area (Å²) in [5, 5.41) is 3.46. The van der Waals surface area contributed by atoms with Crippen LogP contribution in [0.1, 0.15) is 38.7 Å². The van der Waals surface area contributed by atoms with Gasteiger partial charge in [-0.1, -0.05) is 18.6 Å². The second-order valence-corrected chi connectivity index (χ2v) is 5.34. The normalized spacial score (nSPS) is 17.4. The summed E-state index contributed by atoms with van der Waals surface area (Å²) in [6.07, 6.45) is 4.14. The Bertz CT molecular complexity index is 341. The Labute approximate surface area is 105 Å². The fourth-order valence-corrected chi connectivity index (χ4v) is 2.47. The van der Waals surface area contributed by atoms with Gasteiger partial charge in [-0.15, -0.1) is 0 Å². The quantitative estimate of drug-likeness (QED) is 0.855. The summed E-state index contributed by atoms with van der Waals surface area (Å²) >= 11 is 0. The molecule has 1 aliphatic heterocycles. The number of nitrogens with one attached hydrogen (secondary N) is 1. The van der Waals surface area contributed by atoms with E-state index in [0.29, 0.717) is 6.04 Å². The molecule has 0 bridgehead atoms. The zero-order valence-electron chi connectivity index (χ0n) is 11.1. The zero-order chi connectivity index (χ0) is 12.1. The van der Waals surface area contributed by atoms with Gasteiger partial charge in [-0.2, -0.15) is 0 Å². The maximum Gasteiger partial charge on any atom is 0.0345 e. The largest absolute Gasteiger partial charge is 0.383 e. The Kier molecular flexibility index (Phi) is 4.43. The van der Waals surface area contributed by atoms with Gasteiger partial charge in [-0.3, -0.25) is 4.90 Å². The number of anilines is 1. The van der Waals surface area contributed by atoms with Gasteiger partial charge in [0.1, 0.15) is 0 Å². The van der Waals surface area contributed by atoms with E-state index in [9.17, 15) is 0 Å². The molecule has 1 aromatic rings. The maximum absolute atomic E-state index is 3.46. The van der Waals surface area contributed by atoms with Crippen molar-refractivity contribution in [2.45, 2.75) is 45.7 Å². The van der Waals surface area contributed by atoms with E-state index in [0.717, 1.165) is 6.54 Å². The molecule has 2 rings (SSSR count). The van der Waals surface area contributed by atoms with Gasteiger partial charge in [0, 0.05) is 18.3 Å². The molecule has 0 atom stereocenters. The third-order valence-electron chi connectivity index (χ3n) is 3.24. The van der Waals surface area contributed by atoms with Crippen molar-refractivity contribution in [2.24, 2.45) is 0 Å². The van der Waals surface area contributed by atoms with Gasteiger partial charge in [-0.05, 0) is 57.5 Å². The van der Waals surface area contributed by atoms with Crippen molar-refractivity contribution in [2.75, 3.05) is 18.4 Å². The zero-order valence-corrected chi connectivity index (χ0v) is 11.1. The van der Waals surface area contributed by atoms with Gasteiger partial charge in [0.25, 0.3) is 0 Å². The molecule has 2 heteroatoms. The Balaban J connectivity index is 1.95. The summed E-state index contributed by atoms with van der Waals surface area (Å²) in [6, 6.07) is 9.33. The highest BCUT2D eigenvalue weighted by molar-refractivity contribution is 5.46. The topological polar surface area (TPSA) is 15.3 Å². The minimum atomic E-state index is 0.500. The van der Waals surface area contributed by atoms with Gasteiger partial charge in [0.15, 0.2) is 0 Å². The van der Waals surface area contributed by atoms with Gasteiger partial charge in [0.2, 0.25) is 0 Å². The standard InChI is InChI=1S/C15H24N2/c1-13(2)16-15-8-6-7-14(11-15)12-17-9-4-3-5-10-17/h6-8,11,13,16H,3-5,9-10,12H2,1-2H3. The highest BCUT2D eigenvalue weighted by atomic mass is 15.1. The Morgan fingerprint density at radius 3 is 2.65 bits per heavy atom. The molecule has 1 N–H and O–H groups in total. The Hall–Kier alpha value is -1.02. The van der Waals surface area contributed by atoms with Crippen LogP contribution in [0.15, 0.2) is 24.3 Å². The molecule has 0 unspecified atom stereocenters. The van der Waals surface area contributed by atoms with E-state index >= 15 is 0 Å². The molecule has 1 aliphatic rings. The first-order chi connectivity index (χ1) is 8.24. The molecule has 0 saturated carbocycles. The molecule has 1 fully saturated rings. The second kappa shape index (κ2) is 6.06. The van der Waals surface area contributed by atoms with Crippen LogP contribution in [0.4, 0.5) is 5.69 Å². The number of hydrogen-bond donors (Lipinski definition) is 1. The summed E-state index contributed by atoms with van der Waals surface area (Å²) in [4.78, 5) is 2.57. The van der Waals surface area contributed by atoms with Crippen molar-refractivity contribution in [1.29, 1.82) is 0 Å². The lowest BCUT2D eigenvalue weighted by Crippen LogP contribution is -2.29. The number of hydrogen-bond acceptors (Lipinski definition) is 2. The number of benzene rings is 1. The van der Waals surface area contributed by atoms with Crippen LogP contribution in [0.25, 0.3) is 0 Å². The monoisotopic (exact) mass is 232 g/mol. The molecule has 0 radical (unpaired) electrons. The maximum atomic E-state index is 3.46. The van der Waals surface area contributed by atoms with Gasteiger partial charge >= 0.3 is 0 Å². The van der Waals surface area contributed by atoms with Crippen LogP contribution in [-0.2, 0) is 6.54 Å². The number of nitrogens with zero attached hydrogens (tertiary/aromatic N) is 1. The molecule has 17 heavy (non-hydrogen) atoms. The molecule has 0 aliphatic carbocycles. The van der Waals surface area contributed by atoms with Crippen molar-refractivity contribution in [3.8, 4) is 0 Å². The van der Waals surface area contributed by atoms with Crippen molar-refractivity contribution >= 4 is 5.69 Å². The molecule has 2 nitrogen and oxygen atoms in total. The molecule has 94 valence electrons. The van der Waals surface area contributed by atoms with Gasteiger partial charge < -0.3 is 5.32 Å². The van der Waals surface area contributed by atoms with Crippen molar-refractivity contribution in [3.05, 3.63) is 29.8 Å². The summed E-state index contributed by atoms with van der Waals surface area (Å²) in [6.45, 7) is 7.99. The molecular weight excluding hydrogens is 208 g/mol.